The van der Waals surface area contributed by atoms with E-state index in [2.05, 4.69) is 27.7 Å². The number of rotatable bonds is 1. The molecule has 3 heteroatoms. The van der Waals surface area contributed by atoms with Crippen molar-refractivity contribution in [1.82, 2.24) is 0 Å². The Kier molecular flexibility index (Phi) is 2.57. The Labute approximate surface area is 127 Å². The maximum Gasteiger partial charge on any atom is 0.236 e. The number of anilines is 1. The molecule has 1 amide bonds. The number of hydrogen-bond donors (Lipinski definition) is 1. The Bertz CT molecular complexity index is 634. The van der Waals surface area contributed by atoms with Crippen LogP contribution in [0, 0.1) is 16.2 Å². The standard InChI is InChI=1S/C18H25NO2/c1-7-17-14(20)19(6)13-11-9-8-10-12(13)18(17,21)16(4,5)15(17,2)3/h8-11,21H,7H2,1-6H3. The fourth-order valence-corrected chi connectivity index (χ4v) is 5.21. The number of carbonyl (C=O) groups excluding carboxylic acids is 1. The molecular weight excluding hydrogens is 262 g/mol. The van der Waals surface area contributed by atoms with E-state index in [1.165, 1.54) is 0 Å². The van der Waals surface area contributed by atoms with Crippen LogP contribution in [-0.4, -0.2) is 18.1 Å². The highest BCUT2D eigenvalue weighted by molar-refractivity contribution is 6.04. The van der Waals surface area contributed by atoms with E-state index in [9.17, 15) is 9.90 Å². The maximum absolute atomic E-state index is 13.2. The van der Waals surface area contributed by atoms with Crippen molar-refractivity contribution in [2.45, 2.75) is 46.6 Å². The minimum atomic E-state index is -1.11. The number of nitrogens with zero attached hydrogens (tertiary/aromatic N) is 1. The average molecular weight is 287 g/mol. The van der Waals surface area contributed by atoms with Crippen LogP contribution in [-0.2, 0) is 10.4 Å². The molecule has 114 valence electrons. The minimum Gasteiger partial charge on any atom is -0.383 e. The highest BCUT2D eigenvalue weighted by Gasteiger charge is 2.84. The quantitative estimate of drug-likeness (QED) is 0.861. The summed E-state index contributed by atoms with van der Waals surface area (Å²) in [6.07, 6.45) is 0.636. The summed E-state index contributed by atoms with van der Waals surface area (Å²) < 4.78 is 0. The molecule has 1 aromatic rings. The normalized spacial score (nSPS) is 35.8. The Balaban J connectivity index is 2.41. The van der Waals surface area contributed by atoms with Crippen molar-refractivity contribution in [2.24, 2.45) is 16.2 Å². The van der Waals surface area contributed by atoms with Gasteiger partial charge in [0.2, 0.25) is 5.91 Å². The van der Waals surface area contributed by atoms with Crippen molar-refractivity contribution in [2.75, 3.05) is 11.9 Å². The molecule has 2 unspecified atom stereocenters. The lowest BCUT2D eigenvalue weighted by molar-refractivity contribution is -0.346. The lowest BCUT2D eigenvalue weighted by Gasteiger charge is -2.78. The smallest absolute Gasteiger partial charge is 0.236 e. The topological polar surface area (TPSA) is 40.5 Å². The van der Waals surface area contributed by atoms with Gasteiger partial charge in [0.15, 0.2) is 0 Å². The van der Waals surface area contributed by atoms with E-state index < -0.39 is 11.0 Å². The first-order chi connectivity index (χ1) is 9.61. The van der Waals surface area contributed by atoms with Crippen LogP contribution < -0.4 is 4.90 Å². The Morgan fingerprint density at radius 1 is 1.10 bits per heavy atom. The molecule has 2 aliphatic rings. The zero-order valence-corrected chi connectivity index (χ0v) is 13.8. The average Bonchev–Trinajstić information content (AvgIpc) is 2.45. The van der Waals surface area contributed by atoms with E-state index in [1.807, 2.05) is 38.2 Å². The van der Waals surface area contributed by atoms with Crippen LogP contribution >= 0.6 is 0 Å². The molecule has 1 aliphatic carbocycles. The number of fused-ring (bicyclic) bond motifs is 3. The van der Waals surface area contributed by atoms with Crippen molar-refractivity contribution in [1.29, 1.82) is 0 Å². The zero-order chi connectivity index (χ0) is 15.8. The highest BCUT2D eigenvalue weighted by atomic mass is 16.3. The van der Waals surface area contributed by atoms with Gasteiger partial charge in [-0.2, -0.15) is 0 Å². The van der Waals surface area contributed by atoms with Gasteiger partial charge in [0, 0.05) is 23.7 Å². The third kappa shape index (κ3) is 1.10. The molecule has 2 atom stereocenters. The van der Waals surface area contributed by atoms with Crippen molar-refractivity contribution >= 4 is 11.6 Å². The Morgan fingerprint density at radius 2 is 1.67 bits per heavy atom. The van der Waals surface area contributed by atoms with Gasteiger partial charge in [0.1, 0.15) is 5.60 Å². The number of hydrogen-bond acceptors (Lipinski definition) is 2. The Morgan fingerprint density at radius 3 is 2.24 bits per heavy atom. The minimum absolute atomic E-state index is 0.0375. The first-order valence-electron chi connectivity index (χ1n) is 7.71. The Hall–Kier alpha value is -1.35. The molecular formula is C18H25NO2. The van der Waals surface area contributed by atoms with Crippen molar-refractivity contribution < 1.29 is 9.90 Å². The van der Waals surface area contributed by atoms with Gasteiger partial charge in [0.05, 0.1) is 5.41 Å². The largest absolute Gasteiger partial charge is 0.383 e. The molecule has 1 fully saturated rings. The van der Waals surface area contributed by atoms with Gasteiger partial charge in [0.25, 0.3) is 0 Å². The molecule has 3 nitrogen and oxygen atoms in total. The van der Waals surface area contributed by atoms with Gasteiger partial charge in [-0.05, 0) is 17.9 Å². The van der Waals surface area contributed by atoms with E-state index in [-0.39, 0.29) is 16.7 Å². The molecule has 1 N–H and O–H groups in total. The van der Waals surface area contributed by atoms with Crippen LogP contribution in [0.3, 0.4) is 0 Å². The number of carbonyl (C=O) groups is 1. The SMILES string of the molecule is CCC12C(=O)N(C)c3ccccc3C1(O)C(C)(C)C2(C)C. The molecule has 1 aromatic carbocycles. The molecule has 0 spiro atoms. The molecule has 3 rings (SSSR count). The molecule has 0 radical (unpaired) electrons. The third-order valence-electron chi connectivity index (χ3n) is 7.01. The van der Waals surface area contributed by atoms with Gasteiger partial charge in [-0.15, -0.1) is 0 Å². The monoisotopic (exact) mass is 287 g/mol. The third-order valence-corrected chi connectivity index (χ3v) is 7.01. The van der Waals surface area contributed by atoms with Crippen LogP contribution in [0.1, 0.15) is 46.6 Å². The summed E-state index contributed by atoms with van der Waals surface area (Å²) in [6.45, 7) is 10.4. The van der Waals surface area contributed by atoms with Crippen LogP contribution in [0.2, 0.25) is 0 Å². The van der Waals surface area contributed by atoms with E-state index in [0.717, 1.165) is 11.3 Å². The van der Waals surface area contributed by atoms with E-state index in [4.69, 9.17) is 0 Å². The molecule has 0 bridgehead atoms. The van der Waals surface area contributed by atoms with Crippen LogP contribution in [0.4, 0.5) is 5.69 Å². The van der Waals surface area contributed by atoms with Crippen LogP contribution in [0.5, 0.6) is 0 Å². The zero-order valence-electron chi connectivity index (χ0n) is 13.8. The molecule has 21 heavy (non-hydrogen) atoms. The molecule has 0 saturated heterocycles. The summed E-state index contributed by atoms with van der Waals surface area (Å²) in [5.74, 6) is 0.0375. The summed E-state index contributed by atoms with van der Waals surface area (Å²) in [5, 5.41) is 11.7. The maximum atomic E-state index is 13.2. The van der Waals surface area contributed by atoms with Gasteiger partial charge in [-0.3, -0.25) is 4.79 Å². The van der Waals surface area contributed by atoms with Gasteiger partial charge >= 0.3 is 0 Å². The lowest BCUT2D eigenvalue weighted by atomic mass is 9.27. The number of benzene rings is 1. The summed E-state index contributed by atoms with van der Waals surface area (Å²) in [7, 11) is 1.82. The molecule has 1 heterocycles. The lowest BCUT2D eigenvalue weighted by Crippen LogP contribution is -2.83. The summed E-state index contributed by atoms with van der Waals surface area (Å²) in [6, 6.07) is 7.76. The first kappa shape index (κ1) is 14.6. The summed E-state index contributed by atoms with van der Waals surface area (Å²) in [4.78, 5) is 14.9. The fourth-order valence-electron chi connectivity index (χ4n) is 5.21. The van der Waals surface area contributed by atoms with E-state index >= 15 is 0 Å². The highest BCUT2D eigenvalue weighted by Crippen LogP contribution is 2.80. The second-order valence-electron chi connectivity index (χ2n) is 7.60. The molecule has 1 aliphatic heterocycles. The van der Waals surface area contributed by atoms with Crippen LogP contribution in [0.25, 0.3) is 0 Å². The number of amides is 1. The first-order valence-corrected chi connectivity index (χ1v) is 7.71. The summed E-state index contributed by atoms with van der Waals surface area (Å²) >= 11 is 0. The second kappa shape index (κ2) is 3.70. The predicted molar refractivity (Wildman–Crippen MR) is 84.0 cm³/mol. The summed E-state index contributed by atoms with van der Waals surface area (Å²) in [5.41, 5.74) is -0.799. The number of para-hydroxylation sites is 1. The second-order valence-corrected chi connectivity index (χ2v) is 7.60. The van der Waals surface area contributed by atoms with E-state index in [0.29, 0.717) is 6.42 Å². The van der Waals surface area contributed by atoms with Gasteiger partial charge < -0.3 is 10.0 Å². The number of aliphatic hydroxyl groups is 1. The fraction of sp³-hybridized carbons (Fsp3) is 0.611. The molecule has 0 aromatic heterocycles. The predicted octanol–water partition coefficient (Wildman–Crippen LogP) is 3.31. The van der Waals surface area contributed by atoms with Gasteiger partial charge in [-0.25, -0.2) is 0 Å². The van der Waals surface area contributed by atoms with Gasteiger partial charge in [-0.1, -0.05) is 52.8 Å². The van der Waals surface area contributed by atoms with E-state index in [1.54, 1.807) is 4.90 Å². The van der Waals surface area contributed by atoms with Crippen LogP contribution in [0.15, 0.2) is 24.3 Å². The van der Waals surface area contributed by atoms with Crippen molar-refractivity contribution in [3.8, 4) is 0 Å². The van der Waals surface area contributed by atoms with Crippen molar-refractivity contribution in [3.63, 3.8) is 0 Å². The molecule has 1 saturated carbocycles. The van der Waals surface area contributed by atoms with Crippen molar-refractivity contribution in [3.05, 3.63) is 29.8 Å².